The summed E-state index contributed by atoms with van der Waals surface area (Å²) in [4.78, 5) is 28.9. The smallest absolute Gasteiger partial charge is 0.291 e. The van der Waals surface area contributed by atoms with Crippen molar-refractivity contribution in [2.75, 3.05) is 13.7 Å². The minimum atomic E-state index is -0.723. The molecule has 0 saturated heterocycles. The molecule has 35 heavy (non-hydrogen) atoms. The maximum Gasteiger partial charge on any atom is 0.291 e. The van der Waals surface area contributed by atoms with Crippen LogP contribution in [0.1, 0.15) is 40.2 Å². The second-order valence-corrected chi connectivity index (χ2v) is 9.07. The summed E-state index contributed by atoms with van der Waals surface area (Å²) in [6, 6.07) is 16.6. The Hall–Kier alpha value is -3.78. The normalized spacial score (nSPS) is 14.9. The first-order valence-corrected chi connectivity index (χ1v) is 11.9. The molecule has 0 unspecified atom stereocenters. The van der Waals surface area contributed by atoms with Gasteiger partial charge in [0.15, 0.2) is 16.9 Å². The number of phenolic OH excluding ortho intramolecular Hbond substituents is 1. The van der Waals surface area contributed by atoms with E-state index in [1.165, 1.54) is 6.07 Å². The molecule has 1 N–H and O–H groups in total. The number of nitrogens with zero attached hydrogens (tertiary/aromatic N) is 1. The van der Waals surface area contributed by atoms with Crippen LogP contribution in [0.15, 0.2) is 74.3 Å². The van der Waals surface area contributed by atoms with E-state index in [0.29, 0.717) is 28.9 Å². The molecule has 1 atom stereocenters. The minimum absolute atomic E-state index is 0.0173. The third-order valence-corrected chi connectivity index (χ3v) is 6.53. The molecule has 0 spiro atoms. The van der Waals surface area contributed by atoms with Crippen LogP contribution >= 0.6 is 15.9 Å². The van der Waals surface area contributed by atoms with Gasteiger partial charge in [0, 0.05) is 11.0 Å². The molecule has 1 amide bonds. The summed E-state index contributed by atoms with van der Waals surface area (Å²) in [5, 5.41) is 10.6. The topological polar surface area (TPSA) is 89.2 Å². The second-order valence-electron chi connectivity index (χ2n) is 8.16. The lowest BCUT2D eigenvalue weighted by Crippen LogP contribution is -2.29. The Morgan fingerprint density at radius 2 is 1.83 bits per heavy atom. The van der Waals surface area contributed by atoms with Crippen LogP contribution in [0.25, 0.3) is 11.0 Å². The molecule has 1 aliphatic rings. The highest BCUT2D eigenvalue weighted by molar-refractivity contribution is 9.10. The van der Waals surface area contributed by atoms with E-state index >= 15 is 0 Å². The highest BCUT2D eigenvalue weighted by Crippen LogP contribution is 2.41. The molecule has 0 fully saturated rings. The number of hydrogen-bond acceptors (Lipinski definition) is 6. The molecular weight excluding hydrogens is 514 g/mol. The maximum atomic E-state index is 13.7. The van der Waals surface area contributed by atoms with E-state index in [2.05, 4.69) is 15.9 Å². The highest BCUT2D eigenvalue weighted by Gasteiger charge is 2.43. The number of hydrogen-bond donors (Lipinski definition) is 1. The Bertz CT molecular complexity index is 1490. The third-order valence-electron chi connectivity index (χ3n) is 6.04. The molecule has 1 aliphatic heterocycles. The molecule has 5 rings (SSSR count). The van der Waals surface area contributed by atoms with E-state index in [0.717, 1.165) is 10.0 Å². The van der Waals surface area contributed by atoms with Gasteiger partial charge in [0.05, 0.1) is 30.7 Å². The zero-order valence-corrected chi connectivity index (χ0v) is 20.7. The van der Waals surface area contributed by atoms with Crippen LogP contribution in [0.5, 0.6) is 17.2 Å². The summed E-state index contributed by atoms with van der Waals surface area (Å²) < 4.78 is 17.5. The van der Waals surface area contributed by atoms with Crippen LogP contribution in [0, 0.1) is 0 Å². The first-order chi connectivity index (χ1) is 16.9. The maximum absolute atomic E-state index is 13.7. The second kappa shape index (κ2) is 9.11. The van der Waals surface area contributed by atoms with Gasteiger partial charge in [0.1, 0.15) is 11.3 Å². The summed E-state index contributed by atoms with van der Waals surface area (Å²) in [6.45, 7) is 2.41. The molecule has 8 heteroatoms. The van der Waals surface area contributed by atoms with Crippen molar-refractivity contribution in [1.82, 2.24) is 4.90 Å². The molecule has 0 bridgehead atoms. The van der Waals surface area contributed by atoms with Crippen molar-refractivity contribution in [2.24, 2.45) is 0 Å². The zero-order valence-electron chi connectivity index (χ0n) is 19.1. The Morgan fingerprint density at radius 1 is 1.06 bits per heavy atom. The van der Waals surface area contributed by atoms with Crippen LogP contribution < -0.4 is 14.9 Å². The molecule has 0 radical (unpaired) electrons. The van der Waals surface area contributed by atoms with Gasteiger partial charge in [-0.25, -0.2) is 0 Å². The number of fused-ring (bicyclic) bond motifs is 2. The number of carbonyl (C=O) groups is 1. The van der Waals surface area contributed by atoms with E-state index in [-0.39, 0.29) is 40.7 Å². The van der Waals surface area contributed by atoms with Crippen molar-refractivity contribution in [1.29, 1.82) is 0 Å². The average molecular weight is 536 g/mol. The number of aromatic hydroxyl groups is 1. The fourth-order valence-corrected chi connectivity index (χ4v) is 4.76. The first-order valence-electron chi connectivity index (χ1n) is 11.1. The van der Waals surface area contributed by atoms with Gasteiger partial charge in [-0.3, -0.25) is 9.59 Å². The van der Waals surface area contributed by atoms with Crippen molar-refractivity contribution < 1.29 is 23.8 Å². The lowest BCUT2D eigenvalue weighted by molar-refractivity contribution is 0.0714. The summed E-state index contributed by atoms with van der Waals surface area (Å²) >= 11 is 3.41. The van der Waals surface area contributed by atoms with Crippen molar-refractivity contribution in [2.45, 2.75) is 19.5 Å². The number of rotatable bonds is 6. The summed E-state index contributed by atoms with van der Waals surface area (Å²) in [5.41, 5.74) is 1.83. The first kappa shape index (κ1) is 23.0. The molecule has 0 aliphatic carbocycles. The van der Waals surface area contributed by atoms with Crippen LogP contribution in [0.4, 0.5) is 0 Å². The van der Waals surface area contributed by atoms with E-state index in [1.807, 2.05) is 31.2 Å². The Balaban J connectivity index is 1.70. The average Bonchev–Trinajstić information content (AvgIpc) is 3.13. The number of phenols is 1. The Labute approximate surface area is 209 Å². The number of benzene rings is 3. The van der Waals surface area contributed by atoms with Crippen LogP contribution in [-0.2, 0) is 6.54 Å². The van der Waals surface area contributed by atoms with Crippen molar-refractivity contribution in [3.05, 3.63) is 97.8 Å². The number of ether oxygens (including phenoxy) is 2. The lowest BCUT2D eigenvalue weighted by atomic mass is 9.97. The molecule has 3 aromatic carbocycles. The fraction of sp³-hybridized carbons (Fsp3) is 0.185. The summed E-state index contributed by atoms with van der Waals surface area (Å²) in [6.07, 6.45) is 0. The fourth-order valence-electron chi connectivity index (χ4n) is 4.40. The van der Waals surface area contributed by atoms with Crippen LogP contribution in [-0.4, -0.2) is 29.6 Å². The Morgan fingerprint density at radius 3 is 2.54 bits per heavy atom. The Kier molecular flexibility index (Phi) is 5.98. The van der Waals surface area contributed by atoms with Crippen molar-refractivity contribution >= 4 is 32.8 Å². The quantitative estimate of drug-likeness (QED) is 0.355. The largest absolute Gasteiger partial charge is 0.504 e. The lowest BCUT2D eigenvalue weighted by Gasteiger charge is -2.26. The molecule has 2 heterocycles. The van der Waals surface area contributed by atoms with Gasteiger partial charge in [-0.05, 0) is 60.5 Å². The van der Waals surface area contributed by atoms with Gasteiger partial charge in [-0.2, -0.15) is 0 Å². The van der Waals surface area contributed by atoms with Crippen molar-refractivity contribution in [3.8, 4) is 17.2 Å². The molecule has 7 nitrogen and oxygen atoms in total. The van der Waals surface area contributed by atoms with Gasteiger partial charge in [0.25, 0.3) is 5.91 Å². The van der Waals surface area contributed by atoms with Gasteiger partial charge in [-0.15, -0.1) is 0 Å². The predicted molar refractivity (Wildman–Crippen MR) is 134 cm³/mol. The number of carbonyl (C=O) groups excluding carboxylic acids is 1. The molecule has 1 aromatic heterocycles. The van der Waals surface area contributed by atoms with Crippen LogP contribution in [0.2, 0.25) is 0 Å². The summed E-state index contributed by atoms with van der Waals surface area (Å²) in [7, 11) is 1.59. The van der Waals surface area contributed by atoms with Crippen molar-refractivity contribution in [3.63, 3.8) is 0 Å². The van der Waals surface area contributed by atoms with E-state index in [9.17, 15) is 14.7 Å². The standard InChI is InChI=1S/C27H22BrNO6/c1-3-34-22-12-16(6-10-20(22)30)24-23-25(31)19-13-17(28)7-11-21(19)35-26(23)27(32)29(24)14-15-4-8-18(33-2)9-5-15/h4-13,24,30H,3,14H2,1-2H3/t24-/m1/s1. The highest BCUT2D eigenvalue weighted by atomic mass is 79.9. The minimum Gasteiger partial charge on any atom is -0.504 e. The molecule has 0 saturated carbocycles. The van der Waals surface area contributed by atoms with E-state index < -0.39 is 6.04 Å². The molecule has 4 aromatic rings. The molecular formula is C27H22BrNO6. The number of methoxy groups -OCH3 is 1. The van der Waals surface area contributed by atoms with Gasteiger partial charge in [0.2, 0.25) is 5.76 Å². The summed E-state index contributed by atoms with van der Waals surface area (Å²) in [5.74, 6) is 0.609. The number of amides is 1. The van der Waals surface area contributed by atoms with Gasteiger partial charge < -0.3 is 23.9 Å². The number of halogens is 1. The zero-order chi connectivity index (χ0) is 24.7. The SMILES string of the molecule is CCOc1cc([C@@H]2c3c(oc4ccc(Br)cc4c3=O)C(=O)N2Cc2ccc(OC)cc2)ccc1O. The monoisotopic (exact) mass is 535 g/mol. The predicted octanol–water partition coefficient (Wildman–Crippen LogP) is 5.41. The third kappa shape index (κ3) is 4.04. The van der Waals surface area contributed by atoms with Gasteiger partial charge >= 0.3 is 0 Å². The van der Waals surface area contributed by atoms with Crippen LogP contribution in [0.3, 0.4) is 0 Å². The van der Waals surface area contributed by atoms with E-state index in [4.69, 9.17) is 13.9 Å². The molecule has 178 valence electrons. The van der Waals surface area contributed by atoms with E-state index in [1.54, 1.807) is 42.3 Å². The van der Waals surface area contributed by atoms with Gasteiger partial charge in [-0.1, -0.05) is 34.1 Å².